The summed E-state index contributed by atoms with van der Waals surface area (Å²) in [6, 6.07) is 1.82. The molecule has 0 spiro atoms. The van der Waals surface area contributed by atoms with Crippen LogP contribution >= 0.6 is 0 Å². The number of furan rings is 1. The SMILES string of the molecule is CCCCN(CC)Cc1ccoc1C(=O)NN. The van der Waals surface area contributed by atoms with E-state index in [9.17, 15) is 4.79 Å². The van der Waals surface area contributed by atoms with E-state index in [-0.39, 0.29) is 5.91 Å². The number of nitrogens with one attached hydrogen (secondary N) is 1. The Morgan fingerprint density at radius 1 is 1.53 bits per heavy atom. The van der Waals surface area contributed by atoms with Crippen LogP contribution in [0.1, 0.15) is 42.8 Å². The molecule has 0 saturated heterocycles. The average Bonchev–Trinajstić information content (AvgIpc) is 2.81. The predicted octanol–water partition coefficient (Wildman–Crippen LogP) is 1.51. The monoisotopic (exact) mass is 239 g/mol. The number of hydrogen-bond donors (Lipinski definition) is 2. The van der Waals surface area contributed by atoms with E-state index in [2.05, 4.69) is 24.2 Å². The highest BCUT2D eigenvalue weighted by Gasteiger charge is 2.15. The van der Waals surface area contributed by atoms with Crippen LogP contribution in [-0.2, 0) is 6.54 Å². The first kappa shape index (κ1) is 13.7. The van der Waals surface area contributed by atoms with Crippen molar-refractivity contribution in [3.8, 4) is 0 Å². The molecule has 0 bridgehead atoms. The van der Waals surface area contributed by atoms with Crippen LogP contribution < -0.4 is 11.3 Å². The normalized spacial score (nSPS) is 10.8. The molecule has 0 aliphatic heterocycles. The van der Waals surface area contributed by atoms with E-state index < -0.39 is 0 Å². The van der Waals surface area contributed by atoms with E-state index in [1.54, 1.807) is 0 Å². The third-order valence-corrected chi connectivity index (χ3v) is 2.75. The van der Waals surface area contributed by atoms with Gasteiger partial charge in [0.25, 0.3) is 0 Å². The fraction of sp³-hybridized carbons (Fsp3) is 0.583. The summed E-state index contributed by atoms with van der Waals surface area (Å²) in [5, 5.41) is 0. The van der Waals surface area contributed by atoms with Crippen molar-refractivity contribution in [3.05, 3.63) is 23.7 Å². The highest BCUT2D eigenvalue weighted by molar-refractivity contribution is 5.92. The molecular formula is C12H21N3O2. The maximum atomic E-state index is 11.4. The molecule has 0 fully saturated rings. The van der Waals surface area contributed by atoms with Crippen molar-refractivity contribution in [2.75, 3.05) is 13.1 Å². The Kier molecular flexibility index (Phi) is 5.72. The second kappa shape index (κ2) is 7.09. The molecule has 1 amide bonds. The number of amides is 1. The van der Waals surface area contributed by atoms with Crippen LogP contribution in [0.25, 0.3) is 0 Å². The summed E-state index contributed by atoms with van der Waals surface area (Å²) >= 11 is 0. The molecule has 1 heterocycles. The Labute approximate surface area is 102 Å². The summed E-state index contributed by atoms with van der Waals surface area (Å²) < 4.78 is 5.15. The minimum absolute atomic E-state index is 0.308. The molecule has 0 atom stereocenters. The van der Waals surface area contributed by atoms with E-state index in [0.29, 0.717) is 5.76 Å². The van der Waals surface area contributed by atoms with Gasteiger partial charge in [-0.3, -0.25) is 15.1 Å². The number of nitrogens with two attached hydrogens (primary N) is 1. The predicted molar refractivity (Wildman–Crippen MR) is 66.2 cm³/mol. The van der Waals surface area contributed by atoms with E-state index in [0.717, 1.165) is 38.0 Å². The summed E-state index contributed by atoms with van der Waals surface area (Å²) in [7, 11) is 0. The van der Waals surface area contributed by atoms with Crippen molar-refractivity contribution < 1.29 is 9.21 Å². The summed E-state index contributed by atoms with van der Waals surface area (Å²) in [6.45, 7) is 6.98. The molecule has 0 aliphatic carbocycles. The Bertz CT molecular complexity index is 349. The molecule has 1 aromatic heterocycles. The highest BCUT2D eigenvalue weighted by atomic mass is 16.3. The Hall–Kier alpha value is -1.33. The van der Waals surface area contributed by atoms with Crippen LogP contribution in [0.4, 0.5) is 0 Å². The molecule has 1 aromatic rings. The van der Waals surface area contributed by atoms with Gasteiger partial charge in [-0.15, -0.1) is 0 Å². The molecule has 5 heteroatoms. The highest BCUT2D eigenvalue weighted by Crippen LogP contribution is 2.13. The molecule has 0 radical (unpaired) electrons. The standard InChI is InChI=1S/C12H21N3O2/c1-3-5-7-15(4-2)9-10-6-8-17-11(10)12(16)14-13/h6,8H,3-5,7,9,13H2,1-2H3,(H,14,16). The van der Waals surface area contributed by atoms with Crippen molar-refractivity contribution in [1.29, 1.82) is 0 Å². The summed E-state index contributed by atoms with van der Waals surface area (Å²) in [5.41, 5.74) is 2.97. The molecule has 5 nitrogen and oxygen atoms in total. The van der Waals surface area contributed by atoms with Crippen molar-refractivity contribution >= 4 is 5.91 Å². The van der Waals surface area contributed by atoms with Gasteiger partial charge < -0.3 is 4.42 Å². The molecule has 3 N–H and O–H groups in total. The second-order valence-electron chi connectivity index (χ2n) is 3.97. The third kappa shape index (κ3) is 3.87. The molecule has 17 heavy (non-hydrogen) atoms. The Morgan fingerprint density at radius 2 is 2.29 bits per heavy atom. The fourth-order valence-corrected chi connectivity index (χ4v) is 1.70. The zero-order valence-electron chi connectivity index (χ0n) is 10.5. The minimum Gasteiger partial charge on any atom is -0.459 e. The van der Waals surface area contributed by atoms with Crippen LogP contribution in [0.5, 0.6) is 0 Å². The Morgan fingerprint density at radius 3 is 2.88 bits per heavy atom. The van der Waals surface area contributed by atoms with Gasteiger partial charge in [-0.2, -0.15) is 0 Å². The van der Waals surface area contributed by atoms with Crippen molar-refractivity contribution in [2.24, 2.45) is 5.84 Å². The van der Waals surface area contributed by atoms with Crippen molar-refractivity contribution in [2.45, 2.75) is 33.2 Å². The van der Waals surface area contributed by atoms with E-state index in [1.807, 2.05) is 6.07 Å². The number of carbonyl (C=O) groups excluding carboxylic acids is 1. The first-order chi connectivity index (χ1) is 8.22. The van der Waals surface area contributed by atoms with Gasteiger partial charge in [0.1, 0.15) is 0 Å². The zero-order valence-corrected chi connectivity index (χ0v) is 10.5. The largest absolute Gasteiger partial charge is 0.459 e. The lowest BCUT2D eigenvalue weighted by Crippen LogP contribution is -2.31. The molecule has 0 aromatic carbocycles. The van der Waals surface area contributed by atoms with Crippen molar-refractivity contribution in [1.82, 2.24) is 10.3 Å². The minimum atomic E-state index is -0.378. The lowest BCUT2D eigenvalue weighted by molar-refractivity contribution is 0.0923. The average molecular weight is 239 g/mol. The van der Waals surface area contributed by atoms with Gasteiger partial charge in [0, 0.05) is 12.1 Å². The Balaban J connectivity index is 2.66. The van der Waals surface area contributed by atoms with Crippen LogP contribution in [-0.4, -0.2) is 23.9 Å². The number of nitrogen functional groups attached to an aromatic ring is 1. The molecular weight excluding hydrogens is 218 g/mol. The molecule has 96 valence electrons. The van der Waals surface area contributed by atoms with Gasteiger partial charge in [-0.05, 0) is 25.6 Å². The quantitative estimate of drug-likeness (QED) is 0.430. The first-order valence-electron chi connectivity index (χ1n) is 6.02. The summed E-state index contributed by atoms with van der Waals surface area (Å²) in [5.74, 6) is 5.03. The number of rotatable bonds is 7. The van der Waals surface area contributed by atoms with Gasteiger partial charge in [-0.1, -0.05) is 20.3 Å². The number of hydrogen-bond acceptors (Lipinski definition) is 4. The van der Waals surface area contributed by atoms with Crippen LogP contribution in [0.3, 0.4) is 0 Å². The number of hydrazine groups is 1. The fourth-order valence-electron chi connectivity index (χ4n) is 1.70. The molecule has 0 aliphatic rings. The number of unbranched alkanes of at least 4 members (excludes halogenated alkanes) is 1. The summed E-state index contributed by atoms with van der Waals surface area (Å²) in [4.78, 5) is 13.7. The van der Waals surface area contributed by atoms with Gasteiger partial charge in [-0.25, -0.2) is 5.84 Å². The van der Waals surface area contributed by atoms with Gasteiger partial charge in [0.15, 0.2) is 5.76 Å². The maximum Gasteiger partial charge on any atom is 0.301 e. The van der Waals surface area contributed by atoms with Crippen molar-refractivity contribution in [3.63, 3.8) is 0 Å². The number of nitrogens with zero attached hydrogens (tertiary/aromatic N) is 1. The first-order valence-corrected chi connectivity index (χ1v) is 6.02. The molecule has 1 rings (SSSR count). The molecule has 0 unspecified atom stereocenters. The van der Waals surface area contributed by atoms with Crippen LogP contribution in [0.15, 0.2) is 16.7 Å². The van der Waals surface area contributed by atoms with E-state index in [4.69, 9.17) is 10.3 Å². The number of carbonyl (C=O) groups is 1. The van der Waals surface area contributed by atoms with Gasteiger partial charge in [0.05, 0.1) is 6.26 Å². The zero-order chi connectivity index (χ0) is 12.7. The van der Waals surface area contributed by atoms with E-state index in [1.165, 1.54) is 6.26 Å². The summed E-state index contributed by atoms with van der Waals surface area (Å²) in [6.07, 6.45) is 3.84. The smallest absolute Gasteiger partial charge is 0.301 e. The lowest BCUT2D eigenvalue weighted by Gasteiger charge is -2.19. The molecule has 0 saturated carbocycles. The maximum absolute atomic E-state index is 11.4. The van der Waals surface area contributed by atoms with Gasteiger partial charge >= 0.3 is 5.91 Å². The third-order valence-electron chi connectivity index (χ3n) is 2.75. The van der Waals surface area contributed by atoms with Crippen LogP contribution in [0, 0.1) is 0 Å². The van der Waals surface area contributed by atoms with E-state index >= 15 is 0 Å². The topological polar surface area (TPSA) is 71.5 Å². The lowest BCUT2D eigenvalue weighted by atomic mass is 10.2. The second-order valence-corrected chi connectivity index (χ2v) is 3.97. The van der Waals surface area contributed by atoms with Crippen LogP contribution in [0.2, 0.25) is 0 Å². The van der Waals surface area contributed by atoms with Gasteiger partial charge in [0.2, 0.25) is 0 Å².